The monoisotopic (exact) mass is 374 g/mol. The van der Waals surface area contributed by atoms with Gasteiger partial charge in [-0.3, -0.25) is 9.59 Å². The van der Waals surface area contributed by atoms with Crippen molar-refractivity contribution in [2.45, 2.75) is 61.3 Å². The molecular weight excluding hydrogens is 348 g/mol. The fourth-order valence-corrected chi connectivity index (χ4v) is 5.75. The van der Waals surface area contributed by atoms with Crippen LogP contribution in [0.25, 0.3) is 0 Å². The van der Waals surface area contributed by atoms with Crippen molar-refractivity contribution in [3.8, 4) is 0 Å². The second kappa shape index (κ2) is 6.89. The van der Waals surface area contributed by atoms with Gasteiger partial charge in [0.25, 0.3) is 0 Å². The minimum atomic E-state index is -0.361. The third kappa shape index (κ3) is 2.83. The molecular formula is C20H26N2O3S. The van der Waals surface area contributed by atoms with Crippen molar-refractivity contribution >= 4 is 29.3 Å². The molecule has 2 aliphatic carbocycles. The molecule has 0 radical (unpaired) electrons. The first kappa shape index (κ1) is 17.9. The lowest BCUT2D eigenvalue weighted by Gasteiger charge is -2.63. The first-order valence-electron chi connectivity index (χ1n) is 9.49. The van der Waals surface area contributed by atoms with Crippen LogP contribution in [0.4, 0.5) is 5.69 Å². The normalized spacial score (nSPS) is 28.5. The van der Waals surface area contributed by atoms with Crippen LogP contribution < -0.4 is 5.32 Å². The Morgan fingerprint density at radius 2 is 2.15 bits per heavy atom. The van der Waals surface area contributed by atoms with Crippen LogP contribution in [-0.2, 0) is 14.3 Å². The fraction of sp³-hybridized carbons (Fsp3) is 0.600. The van der Waals surface area contributed by atoms with Gasteiger partial charge in [-0.25, -0.2) is 0 Å². The van der Waals surface area contributed by atoms with Crippen molar-refractivity contribution in [2.24, 2.45) is 5.41 Å². The minimum absolute atomic E-state index is 0.0586. The summed E-state index contributed by atoms with van der Waals surface area (Å²) < 4.78 is 5.90. The van der Waals surface area contributed by atoms with Crippen LogP contribution in [-0.4, -0.2) is 47.8 Å². The molecule has 5 nitrogen and oxygen atoms in total. The number of carbonyl (C=O) groups excluding carboxylic acids is 2. The first-order chi connectivity index (χ1) is 12.5. The number of amides is 2. The lowest BCUT2D eigenvalue weighted by molar-refractivity contribution is -0.202. The van der Waals surface area contributed by atoms with Gasteiger partial charge in [-0.1, -0.05) is 18.6 Å². The van der Waals surface area contributed by atoms with Crippen molar-refractivity contribution in [1.82, 2.24) is 4.90 Å². The summed E-state index contributed by atoms with van der Waals surface area (Å²) in [5.74, 6) is -0.0159. The van der Waals surface area contributed by atoms with Gasteiger partial charge in [-0.2, -0.15) is 0 Å². The van der Waals surface area contributed by atoms with Crippen LogP contribution in [0.2, 0.25) is 0 Å². The number of rotatable bonds is 5. The van der Waals surface area contributed by atoms with E-state index in [-0.39, 0.29) is 34.9 Å². The predicted octanol–water partition coefficient (Wildman–Crippen LogP) is 3.30. The molecule has 0 unspecified atom stereocenters. The summed E-state index contributed by atoms with van der Waals surface area (Å²) in [7, 11) is 1.90. The average Bonchev–Trinajstić information content (AvgIpc) is 2.57. The molecule has 1 aliphatic heterocycles. The first-order valence-corrected chi connectivity index (χ1v) is 10.4. The largest absolute Gasteiger partial charge is 0.378 e. The molecule has 4 rings (SSSR count). The van der Waals surface area contributed by atoms with Gasteiger partial charge in [0.15, 0.2) is 0 Å². The number of para-hydroxylation sites is 1. The van der Waals surface area contributed by atoms with Crippen molar-refractivity contribution in [3.05, 3.63) is 24.3 Å². The number of hydrogen-bond acceptors (Lipinski definition) is 4. The summed E-state index contributed by atoms with van der Waals surface area (Å²) in [6.07, 6.45) is 4.97. The van der Waals surface area contributed by atoms with E-state index in [9.17, 15) is 9.59 Å². The molecule has 140 valence electrons. The Morgan fingerprint density at radius 1 is 1.38 bits per heavy atom. The zero-order valence-electron chi connectivity index (χ0n) is 15.4. The molecule has 1 spiro atoms. The summed E-state index contributed by atoms with van der Waals surface area (Å²) in [5.41, 5.74) is 1.00. The molecule has 6 heteroatoms. The molecule has 26 heavy (non-hydrogen) atoms. The van der Waals surface area contributed by atoms with Crippen LogP contribution in [0.5, 0.6) is 0 Å². The molecule has 0 bridgehead atoms. The van der Waals surface area contributed by atoms with E-state index >= 15 is 0 Å². The molecule has 3 atom stereocenters. The van der Waals surface area contributed by atoms with Crippen molar-refractivity contribution in [2.75, 3.05) is 19.0 Å². The lowest BCUT2D eigenvalue weighted by Crippen LogP contribution is -2.67. The number of nitrogens with one attached hydrogen (secondary N) is 1. The van der Waals surface area contributed by atoms with Gasteiger partial charge in [-0.15, -0.1) is 11.8 Å². The van der Waals surface area contributed by atoms with Crippen molar-refractivity contribution in [1.29, 1.82) is 0 Å². The van der Waals surface area contributed by atoms with Gasteiger partial charge in [0, 0.05) is 36.4 Å². The van der Waals surface area contributed by atoms with Gasteiger partial charge >= 0.3 is 0 Å². The van der Waals surface area contributed by atoms with Gasteiger partial charge in [0.05, 0.1) is 17.0 Å². The zero-order chi connectivity index (χ0) is 18.3. The minimum Gasteiger partial charge on any atom is -0.378 e. The van der Waals surface area contributed by atoms with Crippen LogP contribution in [0.1, 0.15) is 39.0 Å². The van der Waals surface area contributed by atoms with Crippen LogP contribution in [0.15, 0.2) is 29.2 Å². The number of ether oxygens (including phenoxy) is 1. The number of thioether (sulfide) groups is 1. The number of fused-ring (bicyclic) bond motifs is 1. The molecule has 1 aromatic rings. The van der Waals surface area contributed by atoms with E-state index in [4.69, 9.17) is 4.74 Å². The van der Waals surface area contributed by atoms with Crippen LogP contribution >= 0.6 is 11.8 Å². The fourth-order valence-electron chi connectivity index (χ4n) is 4.65. The number of hydrogen-bond donors (Lipinski definition) is 1. The third-order valence-corrected chi connectivity index (χ3v) is 7.60. The molecule has 0 saturated heterocycles. The van der Waals surface area contributed by atoms with E-state index in [0.717, 1.165) is 36.5 Å². The van der Waals surface area contributed by atoms with E-state index in [1.54, 1.807) is 0 Å². The van der Waals surface area contributed by atoms with Crippen LogP contribution in [0, 0.1) is 5.41 Å². The number of benzene rings is 1. The van der Waals surface area contributed by atoms with E-state index in [1.165, 1.54) is 18.2 Å². The Kier molecular flexibility index (Phi) is 4.73. The van der Waals surface area contributed by atoms with Gasteiger partial charge in [0.1, 0.15) is 0 Å². The van der Waals surface area contributed by atoms with E-state index < -0.39 is 0 Å². The molecule has 1 N–H and O–H groups in total. The van der Waals surface area contributed by atoms with Crippen molar-refractivity contribution < 1.29 is 14.3 Å². The van der Waals surface area contributed by atoms with Crippen LogP contribution in [0.3, 0.4) is 0 Å². The van der Waals surface area contributed by atoms with E-state index in [0.29, 0.717) is 6.10 Å². The average molecular weight is 375 g/mol. The quantitative estimate of drug-likeness (QED) is 0.859. The second-order valence-electron chi connectivity index (χ2n) is 7.58. The number of nitrogens with zero attached hydrogens (tertiary/aromatic N) is 1. The highest BCUT2D eigenvalue weighted by molar-refractivity contribution is 8.01. The highest BCUT2D eigenvalue weighted by Crippen LogP contribution is 2.59. The van der Waals surface area contributed by atoms with Gasteiger partial charge < -0.3 is 15.0 Å². The SMILES string of the molecule is CCO[C@@H]1C[C@H](N(C)C(=O)C[C@H]2Sc3ccccc3NC2=O)C12CCC2. The zero-order valence-corrected chi connectivity index (χ0v) is 16.2. The topological polar surface area (TPSA) is 58.6 Å². The summed E-state index contributed by atoms with van der Waals surface area (Å²) in [6, 6.07) is 8.00. The number of anilines is 1. The summed E-state index contributed by atoms with van der Waals surface area (Å²) in [4.78, 5) is 28.2. The Balaban J connectivity index is 1.40. The predicted molar refractivity (Wildman–Crippen MR) is 102 cm³/mol. The van der Waals surface area contributed by atoms with E-state index in [2.05, 4.69) is 5.32 Å². The summed E-state index contributed by atoms with van der Waals surface area (Å²) in [5, 5.41) is 2.56. The molecule has 2 amide bonds. The molecule has 1 aromatic carbocycles. The van der Waals surface area contributed by atoms with Crippen molar-refractivity contribution in [3.63, 3.8) is 0 Å². The molecule has 1 heterocycles. The maximum atomic E-state index is 12.9. The Morgan fingerprint density at radius 3 is 2.85 bits per heavy atom. The highest BCUT2D eigenvalue weighted by Gasteiger charge is 2.60. The maximum absolute atomic E-state index is 12.9. The molecule has 2 saturated carbocycles. The molecule has 3 aliphatic rings. The summed E-state index contributed by atoms with van der Waals surface area (Å²) >= 11 is 1.49. The summed E-state index contributed by atoms with van der Waals surface area (Å²) in [6.45, 7) is 2.76. The smallest absolute Gasteiger partial charge is 0.238 e. The molecule has 2 fully saturated rings. The standard InChI is InChI=1S/C20H26N2O3S/c1-3-25-17-12-16(20(17)9-6-10-20)22(2)18(23)11-15-19(24)21-13-7-4-5-8-14(13)26-15/h4-5,7-8,15-17H,3,6,9-12H2,1-2H3,(H,21,24)/t15-,16+,17-/m1/s1. The molecule has 0 aromatic heterocycles. The maximum Gasteiger partial charge on any atom is 0.238 e. The third-order valence-electron chi connectivity index (χ3n) is 6.32. The second-order valence-corrected chi connectivity index (χ2v) is 8.83. The van der Waals surface area contributed by atoms with Gasteiger partial charge in [-0.05, 0) is 38.3 Å². The highest BCUT2D eigenvalue weighted by atomic mass is 32.2. The Labute approximate surface area is 158 Å². The Bertz CT molecular complexity index is 719. The van der Waals surface area contributed by atoms with Gasteiger partial charge in [0.2, 0.25) is 11.8 Å². The van der Waals surface area contributed by atoms with E-state index in [1.807, 2.05) is 43.1 Å². The number of carbonyl (C=O) groups is 2. The Hall–Kier alpha value is -1.53. The lowest BCUT2D eigenvalue weighted by atomic mass is 9.50.